The van der Waals surface area contributed by atoms with E-state index in [0.717, 1.165) is 23.9 Å². The molecule has 2 rings (SSSR count). The van der Waals surface area contributed by atoms with Crippen LogP contribution in [0.3, 0.4) is 0 Å². The summed E-state index contributed by atoms with van der Waals surface area (Å²) in [6.07, 6.45) is 0. The topological polar surface area (TPSA) is 73.8 Å². The van der Waals surface area contributed by atoms with Gasteiger partial charge in [0.25, 0.3) is 0 Å². The predicted molar refractivity (Wildman–Crippen MR) is 77.7 cm³/mol. The Morgan fingerprint density at radius 2 is 2.22 bits per heavy atom. The number of carbonyl (C=O) groups is 1. The quantitative estimate of drug-likeness (QED) is 0.691. The number of nitrogens with zero attached hydrogens (tertiary/aromatic N) is 3. The lowest BCUT2D eigenvalue weighted by Crippen LogP contribution is -2.12. The summed E-state index contributed by atoms with van der Waals surface area (Å²) in [6.45, 7) is 2.00. The van der Waals surface area contributed by atoms with Crippen molar-refractivity contribution in [2.45, 2.75) is 11.3 Å². The summed E-state index contributed by atoms with van der Waals surface area (Å²) in [5, 5.41) is 8.99. The minimum Gasteiger partial charge on any atom is -0.369 e. The van der Waals surface area contributed by atoms with Gasteiger partial charge in [0, 0.05) is 12.7 Å². The van der Waals surface area contributed by atoms with Crippen molar-refractivity contribution in [1.29, 1.82) is 0 Å². The molecule has 0 unspecified atom stereocenters. The average Bonchev–Trinajstić information content (AvgIpc) is 2.87. The summed E-state index contributed by atoms with van der Waals surface area (Å²) in [7, 11) is 1.93. The first-order chi connectivity index (χ1) is 8.49. The Hall–Kier alpha value is -0.770. The molecule has 0 aromatic carbocycles. The van der Waals surface area contributed by atoms with Crippen molar-refractivity contribution in [3.63, 3.8) is 0 Å². The minimum absolute atomic E-state index is 0.220. The van der Waals surface area contributed by atoms with Crippen LogP contribution in [0.25, 0.3) is 9.88 Å². The number of primary amides is 1. The van der Waals surface area contributed by atoms with E-state index in [1.165, 1.54) is 34.4 Å². The van der Waals surface area contributed by atoms with Gasteiger partial charge in [-0.2, -0.15) is 0 Å². The van der Waals surface area contributed by atoms with Gasteiger partial charge in [-0.25, -0.2) is 0 Å². The smallest absolute Gasteiger partial charge is 0.227 e. The fraction of sp³-hybridized carbons (Fsp3) is 0.333. The lowest BCUT2D eigenvalue weighted by Gasteiger charge is -1.95. The van der Waals surface area contributed by atoms with Crippen molar-refractivity contribution in [2.24, 2.45) is 12.8 Å². The summed E-state index contributed by atoms with van der Waals surface area (Å²) >= 11 is 9.49. The van der Waals surface area contributed by atoms with Crippen molar-refractivity contribution < 1.29 is 4.79 Å². The van der Waals surface area contributed by atoms with Gasteiger partial charge in [0.1, 0.15) is 0 Å². The van der Waals surface area contributed by atoms with Gasteiger partial charge in [0.2, 0.25) is 5.91 Å². The standard InChI is InChI=1S/C9H10N4OS4/c1-4-6(17-9(15)13(4)2)7-11-12-8(18-7)16-3-5(10)14/h3H2,1-2H3,(H2,10,14). The highest BCUT2D eigenvalue weighted by Crippen LogP contribution is 2.34. The zero-order valence-corrected chi connectivity index (χ0v) is 12.9. The van der Waals surface area contributed by atoms with Gasteiger partial charge in [0.05, 0.1) is 10.6 Å². The third-order valence-corrected chi connectivity index (χ3v) is 6.12. The van der Waals surface area contributed by atoms with Crippen LogP contribution in [0.4, 0.5) is 0 Å². The minimum atomic E-state index is -0.358. The second-order valence-corrected chi connectivity index (χ2v) is 7.31. The Morgan fingerprint density at radius 3 is 2.78 bits per heavy atom. The molecule has 2 aromatic rings. The SMILES string of the molecule is Cc1c(-c2nnc(SCC(N)=O)s2)sc(=S)n1C. The molecular formula is C9H10N4OS4. The molecule has 0 aliphatic carbocycles. The molecule has 0 saturated carbocycles. The molecule has 0 aliphatic heterocycles. The first-order valence-corrected chi connectivity index (χ1v) is 7.93. The van der Waals surface area contributed by atoms with Gasteiger partial charge in [-0.15, -0.1) is 21.5 Å². The van der Waals surface area contributed by atoms with Crippen LogP contribution in [0.1, 0.15) is 5.69 Å². The zero-order chi connectivity index (χ0) is 13.3. The van der Waals surface area contributed by atoms with E-state index >= 15 is 0 Å². The monoisotopic (exact) mass is 318 g/mol. The fourth-order valence-electron chi connectivity index (χ4n) is 1.21. The number of hydrogen-bond donors (Lipinski definition) is 1. The molecular weight excluding hydrogens is 308 g/mol. The third kappa shape index (κ3) is 2.79. The Kier molecular flexibility index (Phi) is 4.15. The first kappa shape index (κ1) is 13.7. The number of rotatable bonds is 4. The highest BCUT2D eigenvalue weighted by molar-refractivity contribution is 8.01. The van der Waals surface area contributed by atoms with Crippen LogP contribution in [0, 0.1) is 10.9 Å². The van der Waals surface area contributed by atoms with Crippen molar-refractivity contribution >= 4 is 52.6 Å². The molecule has 0 aliphatic rings. The number of hydrogen-bond acceptors (Lipinski definition) is 7. The van der Waals surface area contributed by atoms with Crippen LogP contribution in [0.5, 0.6) is 0 Å². The van der Waals surface area contributed by atoms with Gasteiger partial charge in [0.15, 0.2) is 13.3 Å². The largest absolute Gasteiger partial charge is 0.369 e. The Morgan fingerprint density at radius 1 is 1.50 bits per heavy atom. The maximum atomic E-state index is 10.7. The van der Waals surface area contributed by atoms with Crippen LogP contribution in [-0.4, -0.2) is 26.4 Å². The molecule has 18 heavy (non-hydrogen) atoms. The van der Waals surface area contributed by atoms with E-state index in [1.807, 2.05) is 18.5 Å². The molecule has 0 radical (unpaired) electrons. The molecule has 0 bridgehead atoms. The van der Waals surface area contributed by atoms with Crippen molar-refractivity contribution in [2.75, 3.05) is 5.75 Å². The summed E-state index contributed by atoms with van der Waals surface area (Å²) in [5.41, 5.74) is 6.16. The zero-order valence-electron chi connectivity index (χ0n) is 9.67. The van der Waals surface area contributed by atoms with Crippen LogP contribution in [-0.2, 0) is 11.8 Å². The molecule has 0 fully saturated rings. The maximum Gasteiger partial charge on any atom is 0.227 e. The van der Waals surface area contributed by atoms with E-state index in [1.54, 1.807) is 0 Å². The van der Waals surface area contributed by atoms with Gasteiger partial charge in [-0.05, 0) is 19.1 Å². The van der Waals surface area contributed by atoms with E-state index < -0.39 is 0 Å². The molecule has 0 spiro atoms. The number of thiazole rings is 1. The number of amides is 1. The lowest BCUT2D eigenvalue weighted by molar-refractivity contribution is -0.115. The average molecular weight is 318 g/mol. The number of aromatic nitrogens is 3. The van der Waals surface area contributed by atoms with E-state index in [-0.39, 0.29) is 11.7 Å². The Bertz CT molecular complexity index is 641. The summed E-state index contributed by atoms with van der Waals surface area (Å²) in [4.78, 5) is 11.7. The molecule has 9 heteroatoms. The van der Waals surface area contributed by atoms with Crippen LogP contribution >= 0.6 is 46.7 Å². The first-order valence-electron chi connectivity index (χ1n) is 4.90. The van der Waals surface area contributed by atoms with Crippen molar-refractivity contribution in [1.82, 2.24) is 14.8 Å². The maximum absolute atomic E-state index is 10.7. The molecule has 1 amide bonds. The van der Waals surface area contributed by atoms with E-state index in [9.17, 15) is 4.79 Å². The predicted octanol–water partition coefficient (Wildman–Crippen LogP) is 2.22. The van der Waals surface area contributed by atoms with Crippen LogP contribution in [0.2, 0.25) is 0 Å². The molecule has 96 valence electrons. The number of nitrogens with two attached hydrogens (primary N) is 1. The normalized spacial score (nSPS) is 10.8. The molecule has 2 N–H and O–H groups in total. The molecule has 0 atom stereocenters. The molecule has 0 saturated heterocycles. The highest BCUT2D eigenvalue weighted by Gasteiger charge is 2.14. The Balaban J connectivity index is 2.26. The molecule has 5 nitrogen and oxygen atoms in total. The van der Waals surface area contributed by atoms with Gasteiger partial charge in [-0.3, -0.25) is 4.79 Å². The fourth-order valence-corrected chi connectivity index (χ4v) is 4.29. The van der Waals surface area contributed by atoms with Crippen molar-refractivity contribution in [3.05, 3.63) is 9.65 Å². The van der Waals surface area contributed by atoms with Gasteiger partial charge < -0.3 is 10.3 Å². The summed E-state index contributed by atoms with van der Waals surface area (Å²) in [5.74, 6) is -0.138. The van der Waals surface area contributed by atoms with Gasteiger partial charge >= 0.3 is 0 Å². The van der Waals surface area contributed by atoms with Crippen LogP contribution in [0.15, 0.2) is 4.34 Å². The highest BCUT2D eigenvalue weighted by atomic mass is 32.2. The second-order valence-electron chi connectivity index (χ2n) is 3.47. The molecule has 2 aromatic heterocycles. The molecule has 2 heterocycles. The van der Waals surface area contributed by atoms with Crippen molar-refractivity contribution in [3.8, 4) is 9.88 Å². The van der Waals surface area contributed by atoms with E-state index in [0.29, 0.717) is 0 Å². The second kappa shape index (κ2) is 5.47. The summed E-state index contributed by atoms with van der Waals surface area (Å²) < 4.78 is 3.50. The van der Waals surface area contributed by atoms with E-state index in [2.05, 4.69) is 10.2 Å². The third-order valence-electron chi connectivity index (χ3n) is 2.23. The van der Waals surface area contributed by atoms with E-state index in [4.69, 9.17) is 18.0 Å². The number of carbonyl (C=O) groups excluding carboxylic acids is 1. The van der Waals surface area contributed by atoms with Crippen LogP contribution < -0.4 is 5.73 Å². The Labute approximate surface area is 121 Å². The number of thioether (sulfide) groups is 1. The van der Waals surface area contributed by atoms with Gasteiger partial charge in [-0.1, -0.05) is 23.1 Å². The lowest BCUT2D eigenvalue weighted by atomic mass is 10.4. The summed E-state index contributed by atoms with van der Waals surface area (Å²) in [6, 6.07) is 0.